The Morgan fingerprint density at radius 1 is 0.967 bits per heavy atom. The van der Waals surface area contributed by atoms with Crippen LogP contribution >= 0.6 is 0 Å². The van der Waals surface area contributed by atoms with Crippen molar-refractivity contribution in [3.63, 3.8) is 0 Å². The number of ketones is 1. The van der Waals surface area contributed by atoms with E-state index in [1.165, 1.54) is 11.1 Å². The van der Waals surface area contributed by atoms with Gasteiger partial charge in [-0.15, -0.1) is 0 Å². The molecule has 0 aliphatic carbocycles. The van der Waals surface area contributed by atoms with Gasteiger partial charge in [-0.25, -0.2) is 9.50 Å². The fourth-order valence-electron chi connectivity index (χ4n) is 3.04. The minimum absolute atomic E-state index is 0.0330. The number of hydrogen-bond acceptors (Lipinski definition) is 4. The van der Waals surface area contributed by atoms with Gasteiger partial charge in [0.15, 0.2) is 11.4 Å². The van der Waals surface area contributed by atoms with E-state index >= 15 is 0 Å². The molecule has 0 unspecified atom stereocenters. The highest BCUT2D eigenvalue weighted by Gasteiger charge is 2.12. The van der Waals surface area contributed by atoms with Gasteiger partial charge in [-0.3, -0.25) is 4.79 Å². The molecule has 154 valence electrons. The highest BCUT2D eigenvalue weighted by Crippen LogP contribution is 2.21. The molecular formula is C25H27N3O2. The molecule has 5 nitrogen and oxygen atoms in total. The van der Waals surface area contributed by atoms with Crippen molar-refractivity contribution in [2.24, 2.45) is 0 Å². The molecule has 0 saturated heterocycles. The van der Waals surface area contributed by atoms with Crippen molar-refractivity contribution in [2.45, 2.75) is 34.1 Å². The molecule has 0 fully saturated rings. The van der Waals surface area contributed by atoms with E-state index in [1.807, 2.05) is 56.3 Å². The third-order valence-corrected chi connectivity index (χ3v) is 4.61. The van der Waals surface area contributed by atoms with E-state index in [0.29, 0.717) is 17.8 Å². The highest BCUT2D eigenvalue weighted by molar-refractivity contribution is 5.95. The lowest BCUT2D eigenvalue weighted by molar-refractivity contribution is 0.0983. The van der Waals surface area contributed by atoms with Crippen LogP contribution in [-0.2, 0) is 0 Å². The predicted octanol–water partition coefficient (Wildman–Crippen LogP) is 5.69. The summed E-state index contributed by atoms with van der Waals surface area (Å²) in [5.74, 6) is 0.985. The van der Waals surface area contributed by atoms with Crippen LogP contribution in [-0.4, -0.2) is 27.0 Å². The summed E-state index contributed by atoms with van der Waals surface area (Å²) < 4.78 is 6.99. The van der Waals surface area contributed by atoms with Gasteiger partial charge in [0, 0.05) is 24.2 Å². The maximum atomic E-state index is 11.8. The quantitative estimate of drug-likeness (QED) is 0.403. The van der Waals surface area contributed by atoms with Crippen molar-refractivity contribution < 1.29 is 9.53 Å². The number of rotatable bonds is 5. The molecule has 0 radical (unpaired) electrons. The molecule has 4 rings (SSSR count). The van der Waals surface area contributed by atoms with Crippen molar-refractivity contribution in [2.75, 3.05) is 6.61 Å². The van der Waals surface area contributed by atoms with Gasteiger partial charge in [0.05, 0.1) is 12.3 Å². The number of ether oxygens (including phenoxy) is 1. The number of carbonyl (C=O) groups excluding carboxylic acids is 1. The van der Waals surface area contributed by atoms with Crippen LogP contribution in [0.1, 0.15) is 41.9 Å². The number of nitrogens with zero attached hydrogens (tertiary/aromatic N) is 3. The summed E-state index contributed by atoms with van der Waals surface area (Å²) in [5, 5.41) is 4.39. The topological polar surface area (TPSA) is 56.5 Å². The second-order valence-electron chi connectivity index (χ2n) is 7.02. The third kappa shape index (κ3) is 5.11. The molecule has 0 aliphatic heterocycles. The first-order chi connectivity index (χ1) is 14.5. The molecule has 0 bridgehead atoms. The predicted molar refractivity (Wildman–Crippen MR) is 120 cm³/mol. The maximum Gasteiger partial charge on any atom is 0.182 e. The van der Waals surface area contributed by atoms with Crippen molar-refractivity contribution in [1.29, 1.82) is 0 Å². The Balaban J connectivity index is 0.000000216. The number of benzene rings is 2. The Labute approximate surface area is 177 Å². The Morgan fingerprint density at radius 2 is 1.73 bits per heavy atom. The molecule has 0 saturated carbocycles. The Kier molecular flexibility index (Phi) is 6.96. The van der Waals surface area contributed by atoms with Gasteiger partial charge in [0.25, 0.3) is 0 Å². The fraction of sp³-hybridized carbons (Fsp3) is 0.240. The summed E-state index contributed by atoms with van der Waals surface area (Å²) in [6, 6.07) is 19.9. The van der Waals surface area contributed by atoms with Crippen molar-refractivity contribution in [1.82, 2.24) is 14.6 Å². The smallest absolute Gasteiger partial charge is 0.182 e. The van der Waals surface area contributed by atoms with Crippen molar-refractivity contribution in [3.8, 4) is 17.0 Å². The van der Waals surface area contributed by atoms with Crippen LogP contribution in [0.15, 0.2) is 66.9 Å². The Hall–Kier alpha value is -3.47. The standard InChI is InChI=1S/C16H15N3O.C9H12O/c1-3-15(20)13-10-16-17-8-7-14(19(16)18-13)12-6-4-5-11(2)9-12;1-3-10-9-6-4-8(2)5-7-9/h4-10H,3H2,1-2H3;4-7H,3H2,1-2H3. The summed E-state index contributed by atoms with van der Waals surface area (Å²) in [6.07, 6.45) is 2.19. The second kappa shape index (κ2) is 9.83. The summed E-state index contributed by atoms with van der Waals surface area (Å²) in [5.41, 5.74) is 5.62. The lowest BCUT2D eigenvalue weighted by Gasteiger charge is -2.05. The highest BCUT2D eigenvalue weighted by atomic mass is 16.5. The zero-order valence-corrected chi connectivity index (χ0v) is 17.9. The molecular weight excluding hydrogens is 374 g/mol. The molecule has 5 heteroatoms. The maximum absolute atomic E-state index is 11.8. The van der Waals surface area contributed by atoms with E-state index in [0.717, 1.165) is 23.6 Å². The number of aromatic nitrogens is 3. The monoisotopic (exact) mass is 401 g/mol. The molecule has 2 aromatic heterocycles. The molecule has 0 spiro atoms. The van der Waals surface area contributed by atoms with Gasteiger partial charge in [-0.05, 0) is 45.0 Å². The van der Waals surface area contributed by atoms with E-state index in [2.05, 4.69) is 36.1 Å². The van der Waals surface area contributed by atoms with E-state index in [9.17, 15) is 4.79 Å². The summed E-state index contributed by atoms with van der Waals surface area (Å²) >= 11 is 0. The van der Waals surface area contributed by atoms with Gasteiger partial charge < -0.3 is 4.74 Å². The Morgan fingerprint density at radius 3 is 2.40 bits per heavy atom. The van der Waals surface area contributed by atoms with E-state index in [1.54, 1.807) is 16.8 Å². The molecule has 4 aromatic rings. The van der Waals surface area contributed by atoms with Crippen LogP contribution in [0.25, 0.3) is 16.9 Å². The van der Waals surface area contributed by atoms with Crippen molar-refractivity contribution >= 4 is 11.4 Å². The first-order valence-corrected chi connectivity index (χ1v) is 10.2. The van der Waals surface area contributed by atoms with Gasteiger partial charge >= 0.3 is 0 Å². The molecule has 0 aliphatic rings. The van der Waals surface area contributed by atoms with Crippen LogP contribution < -0.4 is 4.74 Å². The number of fused-ring (bicyclic) bond motifs is 1. The average Bonchev–Trinajstić information content (AvgIpc) is 3.20. The lowest BCUT2D eigenvalue weighted by atomic mass is 10.1. The number of aryl methyl sites for hydroxylation is 2. The number of carbonyl (C=O) groups is 1. The second-order valence-corrected chi connectivity index (χ2v) is 7.02. The van der Waals surface area contributed by atoms with Crippen molar-refractivity contribution in [3.05, 3.63) is 83.7 Å². The van der Waals surface area contributed by atoms with E-state index in [-0.39, 0.29) is 5.78 Å². The van der Waals surface area contributed by atoms with E-state index < -0.39 is 0 Å². The van der Waals surface area contributed by atoms with Gasteiger partial charge in [0.1, 0.15) is 11.4 Å². The molecule has 2 heterocycles. The summed E-state index contributed by atoms with van der Waals surface area (Å²) in [4.78, 5) is 16.1. The third-order valence-electron chi connectivity index (χ3n) is 4.61. The average molecular weight is 402 g/mol. The van der Waals surface area contributed by atoms with Gasteiger partial charge in [0.2, 0.25) is 0 Å². The molecule has 0 atom stereocenters. The van der Waals surface area contributed by atoms with Crippen LogP contribution in [0.5, 0.6) is 5.75 Å². The summed E-state index contributed by atoms with van der Waals surface area (Å²) in [6.45, 7) is 8.68. The molecule has 0 N–H and O–H groups in total. The fourth-order valence-corrected chi connectivity index (χ4v) is 3.04. The van der Waals surface area contributed by atoms with Crippen LogP contribution in [0.2, 0.25) is 0 Å². The molecule has 30 heavy (non-hydrogen) atoms. The zero-order valence-electron chi connectivity index (χ0n) is 17.9. The Bertz CT molecular complexity index is 1130. The van der Waals surface area contributed by atoms with Crippen LogP contribution in [0, 0.1) is 13.8 Å². The number of Topliss-reactive ketones (excluding diaryl/α,β-unsaturated/α-hetero) is 1. The lowest BCUT2D eigenvalue weighted by Crippen LogP contribution is -2.00. The zero-order chi connectivity index (χ0) is 21.5. The van der Waals surface area contributed by atoms with Gasteiger partial charge in [-0.2, -0.15) is 5.10 Å². The SMILES string of the molecule is CCC(=O)c1cc2nccc(-c3cccc(C)c3)n2n1.CCOc1ccc(C)cc1. The largest absolute Gasteiger partial charge is 0.494 e. The van der Waals surface area contributed by atoms with Crippen LogP contribution in [0.3, 0.4) is 0 Å². The van der Waals surface area contributed by atoms with E-state index in [4.69, 9.17) is 4.74 Å². The summed E-state index contributed by atoms with van der Waals surface area (Å²) in [7, 11) is 0. The minimum atomic E-state index is 0.0330. The number of hydrogen-bond donors (Lipinski definition) is 0. The molecule has 0 amide bonds. The normalized spacial score (nSPS) is 10.4. The minimum Gasteiger partial charge on any atom is -0.494 e. The first kappa shape index (κ1) is 21.2. The molecule has 2 aromatic carbocycles. The van der Waals surface area contributed by atoms with Crippen LogP contribution in [0.4, 0.5) is 0 Å². The first-order valence-electron chi connectivity index (χ1n) is 10.2. The van der Waals surface area contributed by atoms with Gasteiger partial charge in [-0.1, -0.05) is 48.4 Å².